The smallest absolute Gasteiger partial charge is 0.339 e. The summed E-state index contributed by atoms with van der Waals surface area (Å²) < 4.78 is 4.83. The quantitative estimate of drug-likeness (QED) is 0.667. The highest BCUT2D eigenvalue weighted by Gasteiger charge is 2.12. The molecular weight excluding hydrogens is 328 g/mol. The summed E-state index contributed by atoms with van der Waals surface area (Å²) >= 11 is 0. The first-order valence-electron chi connectivity index (χ1n) is 8.19. The van der Waals surface area contributed by atoms with Gasteiger partial charge in [0.15, 0.2) is 0 Å². The Morgan fingerprint density at radius 1 is 0.923 bits per heavy atom. The van der Waals surface area contributed by atoms with Crippen LogP contribution in [0.25, 0.3) is 0 Å². The van der Waals surface area contributed by atoms with Gasteiger partial charge < -0.3 is 15.4 Å². The monoisotopic (exact) mass is 348 g/mol. The first kappa shape index (κ1) is 17.4. The largest absolute Gasteiger partial charge is 0.465 e. The van der Waals surface area contributed by atoms with Gasteiger partial charge in [-0.15, -0.1) is 0 Å². The lowest BCUT2D eigenvalue weighted by Gasteiger charge is -2.13. The van der Waals surface area contributed by atoms with Crippen molar-refractivity contribution in [2.75, 3.05) is 17.7 Å². The molecule has 1 heterocycles. The van der Waals surface area contributed by atoms with E-state index in [1.54, 1.807) is 18.2 Å². The molecular formula is C20H20N4O2. The molecule has 0 bridgehead atoms. The Labute approximate surface area is 152 Å². The molecule has 0 radical (unpaired) electrons. The van der Waals surface area contributed by atoms with Crippen LogP contribution in [0.1, 0.15) is 21.6 Å². The summed E-state index contributed by atoms with van der Waals surface area (Å²) in [6.45, 7) is 3.91. The van der Waals surface area contributed by atoms with Crippen LogP contribution in [0.4, 0.5) is 23.1 Å². The summed E-state index contributed by atoms with van der Waals surface area (Å²) in [5, 5.41) is 6.41. The second-order valence-corrected chi connectivity index (χ2v) is 5.82. The summed E-state index contributed by atoms with van der Waals surface area (Å²) in [6, 6.07) is 16.9. The summed E-state index contributed by atoms with van der Waals surface area (Å²) in [5.74, 6) is 0.666. The van der Waals surface area contributed by atoms with E-state index in [-0.39, 0.29) is 0 Å². The topological polar surface area (TPSA) is 76.1 Å². The van der Waals surface area contributed by atoms with E-state index in [1.807, 2.05) is 50.2 Å². The molecule has 26 heavy (non-hydrogen) atoms. The lowest BCUT2D eigenvalue weighted by atomic mass is 10.2. The van der Waals surface area contributed by atoms with Gasteiger partial charge in [0.05, 0.1) is 18.4 Å². The Bertz CT molecular complexity index is 941. The molecule has 0 aliphatic heterocycles. The minimum absolute atomic E-state index is 0.405. The van der Waals surface area contributed by atoms with Crippen LogP contribution in [0.15, 0.2) is 54.6 Å². The molecule has 0 unspecified atom stereocenters. The first-order chi connectivity index (χ1) is 12.6. The van der Waals surface area contributed by atoms with Crippen molar-refractivity contribution in [1.82, 2.24) is 9.97 Å². The number of hydrogen-bond acceptors (Lipinski definition) is 6. The van der Waals surface area contributed by atoms with Gasteiger partial charge in [0.1, 0.15) is 5.82 Å². The summed E-state index contributed by atoms with van der Waals surface area (Å²) in [4.78, 5) is 20.9. The number of aryl methyl sites for hydroxylation is 2. The van der Waals surface area contributed by atoms with Crippen LogP contribution in [0.3, 0.4) is 0 Å². The van der Waals surface area contributed by atoms with E-state index in [0.29, 0.717) is 23.0 Å². The van der Waals surface area contributed by atoms with E-state index in [2.05, 4.69) is 20.6 Å². The number of nitrogens with one attached hydrogen (secondary N) is 2. The number of methoxy groups -OCH3 is 1. The Hall–Kier alpha value is -3.41. The van der Waals surface area contributed by atoms with Gasteiger partial charge in [-0.1, -0.05) is 30.3 Å². The zero-order chi connectivity index (χ0) is 18.5. The average Bonchev–Trinajstić information content (AvgIpc) is 2.63. The van der Waals surface area contributed by atoms with Crippen molar-refractivity contribution < 1.29 is 9.53 Å². The molecule has 0 fully saturated rings. The molecule has 6 heteroatoms. The minimum atomic E-state index is -0.405. The van der Waals surface area contributed by atoms with E-state index in [0.717, 1.165) is 16.9 Å². The molecule has 0 aliphatic rings. The summed E-state index contributed by atoms with van der Waals surface area (Å²) in [6.07, 6.45) is 0. The second kappa shape index (κ2) is 7.65. The second-order valence-electron chi connectivity index (χ2n) is 5.82. The van der Waals surface area contributed by atoms with Crippen LogP contribution in [0.2, 0.25) is 0 Å². The Kier molecular flexibility index (Phi) is 5.12. The standard InChI is InChI=1S/C20H20N4O2/c1-13-8-4-6-10-16(13)23-20-21-14(2)12-18(24-20)22-17-11-7-5-9-15(17)19(25)26-3/h4-12H,1-3H3,(H2,21,22,23,24). The van der Waals surface area contributed by atoms with Gasteiger partial charge in [-0.3, -0.25) is 0 Å². The molecule has 1 aromatic heterocycles. The molecule has 0 saturated heterocycles. The molecule has 6 nitrogen and oxygen atoms in total. The Balaban J connectivity index is 1.90. The minimum Gasteiger partial charge on any atom is -0.465 e. The predicted octanol–water partition coefficient (Wildman–Crippen LogP) is 4.37. The maximum atomic E-state index is 11.9. The number of hydrogen-bond donors (Lipinski definition) is 2. The molecule has 0 spiro atoms. The number of ether oxygens (including phenoxy) is 1. The third-order valence-corrected chi connectivity index (χ3v) is 3.84. The Morgan fingerprint density at radius 3 is 2.35 bits per heavy atom. The number of para-hydroxylation sites is 2. The van der Waals surface area contributed by atoms with Crippen molar-refractivity contribution in [1.29, 1.82) is 0 Å². The van der Waals surface area contributed by atoms with Gasteiger partial charge in [-0.25, -0.2) is 9.78 Å². The highest BCUT2D eigenvalue weighted by atomic mass is 16.5. The van der Waals surface area contributed by atoms with Gasteiger partial charge in [0.2, 0.25) is 5.95 Å². The van der Waals surface area contributed by atoms with Gasteiger partial charge in [0, 0.05) is 17.4 Å². The molecule has 2 N–H and O–H groups in total. The number of carbonyl (C=O) groups excluding carboxylic acids is 1. The molecule has 0 amide bonds. The average molecular weight is 348 g/mol. The number of rotatable bonds is 5. The summed E-state index contributed by atoms with van der Waals surface area (Å²) in [7, 11) is 1.36. The van der Waals surface area contributed by atoms with E-state index in [1.165, 1.54) is 7.11 Å². The van der Waals surface area contributed by atoms with E-state index >= 15 is 0 Å². The van der Waals surface area contributed by atoms with Crippen LogP contribution in [0, 0.1) is 13.8 Å². The fourth-order valence-corrected chi connectivity index (χ4v) is 2.54. The number of aromatic nitrogens is 2. The van der Waals surface area contributed by atoms with Crippen molar-refractivity contribution in [3.8, 4) is 0 Å². The number of anilines is 4. The molecule has 0 atom stereocenters. The lowest BCUT2D eigenvalue weighted by Crippen LogP contribution is -2.07. The van der Waals surface area contributed by atoms with Gasteiger partial charge in [-0.2, -0.15) is 4.98 Å². The van der Waals surface area contributed by atoms with Crippen molar-refractivity contribution in [2.24, 2.45) is 0 Å². The lowest BCUT2D eigenvalue weighted by molar-refractivity contribution is 0.0602. The van der Waals surface area contributed by atoms with Crippen LogP contribution >= 0.6 is 0 Å². The van der Waals surface area contributed by atoms with E-state index in [9.17, 15) is 4.79 Å². The number of nitrogens with zero attached hydrogens (tertiary/aromatic N) is 2. The molecule has 2 aromatic carbocycles. The van der Waals surface area contributed by atoms with E-state index in [4.69, 9.17) is 4.74 Å². The zero-order valence-electron chi connectivity index (χ0n) is 14.9. The van der Waals surface area contributed by atoms with Crippen molar-refractivity contribution in [3.05, 3.63) is 71.4 Å². The number of carbonyl (C=O) groups is 1. The number of benzene rings is 2. The highest BCUT2D eigenvalue weighted by Crippen LogP contribution is 2.23. The SMILES string of the molecule is COC(=O)c1ccccc1Nc1cc(C)nc(Nc2ccccc2C)n1. The fourth-order valence-electron chi connectivity index (χ4n) is 2.54. The maximum Gasteiger partial charge on any atom is 0.339 e. The normalized spacial score (nSPS) is 10.3. The van der Waals surface area contributed by atoms with Crippen LogP contribution in [0.5, 0.6) is 0 Å². The van der Waals surface area contributed by atoms with Gasteiger partial charge in [-0.05, 0) is 37.6 Å². The first-order valence-corrected chi connectivity index (χ1v) is 8.19. The molecule has 0 aliphatic carbocycles. The zero-order valence-corrected chi connectivity index (χ0v) is 14.9. The van der Waals surface area contributed by atoms with Gasteiger partial charge in [0.25, 0.3) is 0 Å². The third kappa shape index (κ3) is 3.97. The molecule has 132 valence electrons. The predicted molar refractivity (Wildman–Crippen MR) is 102 cm³/mol. The summed E-state index contributed by atoms with van der Waals surface area (Å²) in [5.41, 5.74) is 3.91. The molecule has 3 aromatic rings. The Morgan fingerprint density at radius 2 is 1.62 bits per heavy atom. The third-order valence-electron chi connectivity index (χ3n) is 3.84. The van der Waals surface area contributed by atoms with Gasteiger partial charge >= 0.3 is 5.97 Å². The number of esters is 1. The van der Waals surface area contributed by atoms with Crippen LogP contribution < -0.4 is 10.6 Å². The molecule has 3 rings (SSSR count). The fraction of sp³-hybridized carbons (Fsp3) is 0.150. The maximum absolute atomic E-state index is 11.9. The van der Waals surface area contributed by atoms with Crippen molar-refractivity contribution >= 4 is 29.1 Å². The highest BCUT2D eigenvalue weighted by molar-refractivity contribution is 5.96. The van der Waals surface area contributed by atoms with Crippen molar-refractivity contribution in [2.45, 2.75) is 13.8 Å². The van der Waals surface area contributed by atoms with Crippen LogP contribution in [-0.2, 0) is 4.74 Å². The van der Waals surface area contributed by atoms with Crippen molar-refractivity contribution in [3.63, 3.8) is 0 Å². The molecule has 0 saturated carbocycles. The van der Waals surface area contributed by atoms with Crippen LogP contribution in [-0.4, -0.2) is 23.0 Å². The van der Waals surface area contributed by atoms with E-state index < -0.39 is 5.97 Å².